The molecule has 2 unspecified atom stereocenters. The van der Waals surface area contributed by atoms with Crippen molar-refractivity contribution in [1.29, 1.82) is 0 Å². The van der Waals surface area contributed by atoms with Crippen molar-refractivity contribution in [1.82, 2.24) is 0 Å². The van der Waals surface area contributed by atoms with Crippen molar-refractivity contribution in [3.05, 3.63) is 29.8 Å². The van der Waals surface area contributed by atoms with E-state index in [1.807, 2.05) is 12.1 Å². The molecule has 1 heterocycles. The third-order valence-electron chi connectivity index (χ3n) is 3.44. The number of aryl methyl sites for hydroxylation is 1. The molecule has 1 aromatic carbocycles. The molecule has 1 saturated heterocycles. The minimum Gasteiger partial charge on any atom is -0.479 e. The Morgan fingerprint density at radius 1 is 1.42 bits per heavy atom. The summed E-state index contributed by atoms with van der Waals surface area (Å²) in [6, 6.07) is 8.25. The van der Waals surface area contributed by atoms with Crippen LogP contribution in [0.1, 0.15) is 31.7 Å². The first-order valence-corrected chi connectivity index (χ1v) is 6.90. The molecule has 1 aliphatic rings. The average Bonchev–Trinajstić information content (AvgIpc) is 2.87. The van der Waals surface area contributed by atoms with E-state index in [2.05, 4.69) is 24.4 Å². The summed E-state index contributed by atoms with van der Waals surface area (Å²) >= 11 is 0. The lowest BCUT2D eigenvalue weighted by Gasteiger charge is -2.15. The second-order valence-corrected chi connectivity index (χ2v) is 4.95. The molecule has 19 heavy (non-hydrogen) atoms. The first-order chi connectivity index (χ1) is 9.20. The maximum Gasteiger partial charge on any atom is 0.332 e. The van der Waals surface area contributed by atoms with Crippen LogP contribution in [0.25, 0.3) is 0 Å². The zero-order valence-electron chi connectivity index (χ0n) is 11.3. The van der Waals surface area contributed by atoms with Gasteiger partial charge < -0.3 is 15.2 Å². The zero-order valence-corrected chi connectivity index (χ0v) is 11.3. The fourth-order valence-corrected chi connectivity index (χ4v) is 2.44. The number of para-hydroxylation sites is 1. The van der Waals surface area contributed by atoms with Gasteiger partial charge in [0.15, 0.2) is 6.10 Å². The Labute approximate surface area is 113 Å². The molecule has 1 aliphatic heterocycles. The maximum absolute atomic E-state index is 10.8. The van der Waals surface area contributed by atoms with Gasteiger partial charge in [-0.1, -0.05) is 31.5 Å². The lowest BCUT2D eigenvalue weighted by atomic mass is 10.1. The summed E-state index contributed by atoms with van der Waals surface area (Å²) < 4.78 is 5.48. The van der Waals surface area contributed by atoms with E-state index in [1.165, 1.54) is 5.56 Å². The predicted molar refractivity (Wildman–Crippen MR) is 74.5 cm³/mol. The lowest BCUT2D eigenvalue weighted by molar-refractivity contribution is -0.149. The molecule has 104 valence electrons. The number of carboxylic acids is 1. The van der Waals surface area contributed by atoms with Gasteiger partial charge >= 0.3 is 5.97 Å². The van der Waals surface area contributed by atoms with E-state index in [9.17, 15) is 4.79 Å². The van der Waals surface area contributed by atoms with Crippen molar-refractivity contribution >= 4 is 11.7 Å². The van der Waals surface area contributed by atoms with Gasteiger partial charge in [0, 0.05) is 12.2 Å². The van der Waals surface area contributed by atoms with Crippen LogP contribution in [0.2, 0.25) is 0 Å². The third kappa shape index (κ3) is 3.70. The van der Waals surface area contributed by atoms with Crippen LogP contribution >= 0.6 is 0 Å². The van der Waals surface area contributed by atoms with Crippen LogP contribution in [0.5, 0.6) is 0 Å². The number of ether oxygens (including phenoxy) is 1. The molecule has 2 rings (SSSR count). The van der Waals surface area contributed by atoms with Crippen molar-refractivity contribution in [3.63, 3.8) is 0 Å². The van der Waals surface area contributed by atoms with Gasteiger partial charge in [-0.15, -0.1) is 0 Å². The van der Waals surface area contributed by atoms with Gasteiger partial charge in [0.2, 0.25) is 0 Å². The second kappa shape index (κ2) is 6.57. The van der Waals surface area contributed by atoms with Gasteiger partial charge in [0.1, 0.15) is 0 Å². The van der Waals surface area contributed by atoms with Gasteiger partial charge in [-0.3, -0.25) is 0 Å². The van der Waals surface area contributed by atoms with Crippen molar-refractivity contribution in [2.45, 2.75) is 44.8 Å². The Morgan fingerprint density at radius 3 is 2.89 bits per heavy atom. The molecule has 0 radical (unpaired) electrons. The predicted octanol–water partition coefficient (Wildman–Crippen LogP) is 2.68. The Hall–Kier alpha value is -1.55. The quantitative estimate of drug-likeness (QED) is 0.828. The average molecular weight is 263 g/mol. The molecule has 0 aromatic heterocycles. The van der Waals surface area contributed by atoms with Crippen molar-refractivity contribution in [2.24, 2.45) is 0 Å². The van der Waals surface area contributed by atoms with Crippen LogP contribution in [0.4, 0.5) is 5.69 Å². The van der Waals surface area contributed by atoms with Crippen LogP contribution < -0.4 is 5.32 Å². The van der Waals surface area contributed by atoms with E-state index in [4.69, 9.17) is 9.84 Å². The number of carbonyl (C=O) groups is 1. The summed E-state index contributed by atoms with van der Waals surface area (Å²) in [7, 11) is 0. The molecule has 2 atom stereocenters. The Bertz CT molecular complexity index is 433. The molecular formula is C15H21NO3. The summed E-state index contributed by atoms with van der Waals surface area (Å²) in [5, 5.41) is 12.3. The van der Waals surface area contributed by atoms with E-state index in [0.717, 1.165) is 24.9 Å². The van der Waals surface area contributed by atoms with Crippen LogP contribution in [-0.2, 0) is 16.0 Å². The SMILES string of the molecule is CCCc1ccccc1NCC1CCC(C(=O)O)O1. The van der Waals surface area contributed by atoms with E-state index >= 15 is 0 Å². The van der Waals surface area contributed by atoms with Crippen LogP contribution in [0.15, 0.2) is 24.3 Å². The first-order valence-electron chi connectivity index (χ1n) is 6.90. The molecule has 4 nitrogen and oxygen atoms in total. The molecule has 1 fully saturated rings. The number of anilines is 1. The van der Waals surface area contributed by atoms with Gasteiger partial charge in [-0.25, -0.2) is 4.79 Å². The largest absolute Gasteiger partial charge is 0.479 e. The van der Waals surface area contributed by atoms with E-state index in [0.29, 0.717) is 13.0 Å². The summed E-state index contributed by atoms with van der Waals surface area (Å²) in [6.45, 7) is 2.83. The van der Waals surface area contributed by atoms with Crippen LogP contribution in [0.3, 0.4) is 0 Å². The molecule has 0 spiro atoms. The molecule has 0 bridgehead atoms. The number of benzene rings is 1. The highest BCUT2D eigenvalue weighted by atomic mass is 16.5. The third-order valence-corrected chi connectivity index (χ3v) is 3.44. The van der Waals surface area contributed by atoms with E-state index < -0.39 is 12.1 Å². The van der Waals surface area contributed by atoms with Gasteiger partial charge in [0.05, 0.1) is 6.10 Å². The standard InChI is InChI=1S/C15H21NO3/c1-2-5-11-6-3-4-7-13(11)16-10-12-8-9-14(19-12)15(17)18/h3-4,6-7,12,14,16H,2,5,8-10H2,1H3,(H,17,18). The van der Waals surface area contributed by atoms with E-state index in [1.54, 1.807) is 0 Å². The number of hydrogen-bond acceptors (Lipinski definition) is 3. The summed E-state index contributed by atoms with van der Waals surface area (Å²) in [5.41, 5.74) is 2.43. The van der Waals surface area contributed by atoms with Crippen molar-refractivity contribution < 1.29 is 14.6 Å². The Morgan fingerprint density at radius 2 is 2.21 bits per heavy atom. The first kappa shape index (κ1) is 13.9. The van der Waals surface area contributed by atoms with Crippen LogP contribution in [-0.4, -0.2) is 29.8 Å². The molecule has 4 heteroatoms. The molecular weight excluding hydrogens is 242 g/mol. The number of hydrogen-bond donors (Lipinski definition) is 2. The molecule has 2 N–H and O–H groups in total. The number of aliphatic carboxylic acids is 1. The highest BCUT2D eigenvalue weighted by molar-refractivity contribution is 5.72. The monoisotopic (exact) mass is 263 g/mol. The van der Waals surface area contributed by atoms with Gasteiger partial charge in [0.25, 0.3) is 0 Å². The van der Waals surface area contributed by atoms with Crippen molar-refractivity contribution in [2.75, 3.05) is 11.9 Å². The molecule has 1 aromatic rings. The lowest BCUT2D eigenvalue weighted by Crippen LogP contribution is -2.24. The zero-order chi connectivity index (χ0) is 13.7. The van der Waals surface area contributed by atoms with Crippen molar-refractivity contribution in [3.8, 4) is 0 Å². The van der Waals surface area contributed by atoms with Gasteiger partial charge in [-0.05, 0) is 30.9 Å². The fourth-order valence-electron chi connectivity index (χ4n) is 2.44. The summed E-state index contributed by atoms with van der Waals surface area (Å²) in [6.07, 6.45) is 2.94. The number of nitrogens with one attached hydrogen (secondary N) is 1. The second-order valence-electron chi connectivity index (χ2n) is 4.95. The number of carboxylic acid groups (broad SMARTS) is 1. The molecule has 0 saturated carbocycles. The highest BCUT2D eigenvalue weighted by Crippen LogP contribution is 2.22. The normalized spacial score (nSPS) is 22.4. The summed E-state index contributed by atoms with van der Waals surface area (Å²) in [5.74, 6) is -0.853. The number of rotatable bonds is 6. The Kier molecular flexibility index (Phi) is 4.80. The smallest absolute Gasteiger partial charge is 0.332 e. The minimum absolute atomic E-state index is 0.00390. The fraction of sp³-hybridized carbons (Fsp3) is 0.533. The summed E-state index contributed by atoms with van der Waals surface area (Å²) in [4.78, 5) is 10.8. The topological polar surface area (TPSA) is 58.6 Å². The maximum atomic E-state index is 10.8. The minimum atomic E-state index is -0.853. The Balaban J connectivity index is 1.87. The van der Waals surface area contributed by atoms with Gasteiger partial charge in [-0.2, -0.15) is 0 Å². The molecule has 0 amide bonds. The van der Waals surface area contributed by atoms with E-state index in [-0.39, 0.29) is 6.10 Å². The molecule has 0 aliphatic carbocycles. The highest BCUT2D eigenvalue weighted by Gasteiger charge is 2.30. The van der Waals surface area contributed by atoms with Crippen LogP contribution in [0, 0.1) is 0 Å².